The summed E-state index contributed by atoms with van der Waals surface area (Å²) in [6, 6.07) is 5.70. The van der Waals surface area contributed by atoms with E-state index in [1.165, 1.54) is 38.5 Å². The summed E-state index contributed by atoms with van der Waals surface area (Å²) in [6.07, 6.45) is 10.7. The first-order valence-electron chi connectivity index (χ1n) is 11.6. The third-order valence-corrected chi connectivity index (χ3v) is 5.22. The molecule has 0 saturated heterocycles. The van der Waals surface area contributed by atoms with Gasteiger partial charge in [-0.05, 0) is 37.6 Å². The molecule has 1 amide bonds. The summed E-state index contributed by atoms with van der Waals surface area (Å²) in [7, 11) is 1.55. The van der Waals surface area contributed by atoms with Crippen molar-refractivity contribution >= 4 is 17.7 Å². The third-order valence-electron chi connectivity index (χ3n) is 5.22. The monoisotopic (exact) mass is 433 g/mol. The predicted octanol–water partition coefficient (Wildman–Crippen LogP) is 5.24. The van der Waals surface area contributed by atoms with Gasteiger partial charge in [-0.25, -0.2) is 4.79 Å². The van der Waals surface area contributed by atoms with E-state index in [2.05, 4.69) is 12.2 Å². The van der Waals surface area contributed by atoms with Crippen molar-refractivity contribution in [2.45, 2.75) is 90.5 Å². The fourth-order valence-electron chi connectivity index (χ4n) is 3.38. The summed E-state index contributed by atoms with van der Waals surface area (Å²) < 4.78 is 10.1. The van der Waals surface area contributed by atoms with E-state index in [0.717, 1.165) is 19.3 Å². The van der Waals surface area contributed by atoms with E-state index >= 15 is 0 Å². The molecule has 0 spiro atoms. The zero-order valence-electron chi connectivity index (χ0n) is 19.4. The van der Waals surface area contributed by atoms with Crippen LogP contribution in [0.15, 0.2) is 24.3 Å². The number of hydrogen-bond donors (Lipinski definition) is 1. The molecule has 174 valence electrons. The van der Waals surface area contributed by atoms with Crippen molar-refractivity contribution in [1.29, 1.82) is 0 Å². The number of ketones is 1. The van der Waals surface area contributed by atoms with Crippen LogP contribution in [0.1, 0.15) is 94.8 Å². The molecule has 0 bridgehead atoms. The molecular weight excluding hydrogens is 394 g/mol. The minimum atomic E-state index is -0.972. The maximum absolute atomic E-state index is 12.6. The molecule has 0 aliphatic heterocycles. The lowest BCUT2D eigenvalue weighted by Crippen LogP contribution is -2.43. The molecule has 1 N–H and O–H groups in total. The van der Waals surface area contributed by atoms with E-state index in [-0.39, 0.29) is 24.7 Å². The Bertz CT molecular complexity index is 656. The van der Waals surface area contributed by atoms with E-state index in [1.54, 1.807) is 38.3 Å². The van der Waals surface area contributed by atoms with Gasteiger partial charge in [0.2, 0.25) is 5.91 Å². The Hall–Kier alpha value is -2.37. The topological polar surface area (TPSA) is 81.7 Å². The van der Waals surface area contributed by atoms with Crippen LogP contribution in [-0.4, -0.2) is 37.4 Å². The smallest absolute Gasteiger partial charge is 0.329 e. The van der Waals surface area contributed by atoms with Crippen LogP contribution in [0, 0.1) is 0 Å². The normalized spacial score (nSPS) is 11.6. The molecule has 0 fully saturated rings. The lowest BCUT2D eigenvalue weighted by Gasteiger charge is -2.17. The fourth-order valence-corrected chi connectivity index (χ4v) is 3.38. The first-order chi connectivity index (χ1) is 15.0. The number of nitrogens with one attached hydrogen (secondary N) is 1. The molecule has 1 atom stereocenters. The Labute approximate surface area is 187 Å². The van der Waals surface area contributed by atoms with Crippen LogP contribution < -0.4 is 10.1 Å². The number of hydrogen-bond acceptors (Lipinski definition) is 5. The molecule has 0 saturated carbocycles. The van der Waals surface area contributed by atoms with Gasteiger partial charge in [0, 0.05) is 18.4 Å². The summed E-state index contributed by atoms with van der Waals surface area (Å²) in [4.78, 5) is 37.2. The maximum Gasteiger partial charge on any atom is 0.329 e. The summed E-state index contributed by atoms with van der Waals surface area (Å²) in [5.41, 5.74) is 0.461. The molecule has 0 heterocycles. The van der Waals surface area contributed by atoms with Gasteiger partial charge < -0.3 is 14.8 Å². The molecule has 1 aromatic carbocycles. The third kappa shape index (κ3) is 11.6. The number of unbranched alkanes of at least 4 members (excludes halogenated alkanes) is 8. The highest BCUT2D eigenvalue weighted by Crippen LogP contribution is 2.14. The summed E-state index contributed by atoms with van der Waals surface area (Å²) in [5.74, 6) is -0.384. The van der Waals surface area contributed by atoms with Crippen molar-refractivity contribution in [3.8, 4) is 5.75 Å². The van der Waals surface area contributed by atoms with E-state index in [4.69, 9.17) is 9.47 Å². The number of carbonyl (C=O) groups excluding carboxylic acids is 3. The SMILES string of the molecule is CCCCCCCCCCCC(=O)NC(CC(=O)c1ccc(OC)cc1)C(=O)OCC. The first-order valence-corrected chi connectivity index (χ1v) is 11.6. The van der Waals surface area contributed by atoms with Gasteiger partial charge in [0.1, 0.15) is 11.8 Å². The van der Waals surface area contributed by atoms with Crippen LogP contribution in [0.2, 0.25) is 0 Å². The molecule has 1 rings (SSSR count). The average molecular weight is 434 g/mol. The molecule has 1 unspecified atom stereocenters. The molecule has 6 nitrogen and oxygen atoms in total. The Morgan fingerprint density at radius 1 is 0.871 bits per heavy atom. The molecule has 0 aliphatic carbocycles. The largest absolute Gasteiger partial charge is 0.497 e. The van der Waals surface area contributed by atoms with E-state index in [0.29, 0.717) is 17.7 Å². The lowest BCUT2D eigenvalue weighted by molar-refractivity contribution is -0.147. The predicted molar refractivity (Wildman–Crippen MR) is 122 cm³/mol. The molecule has 6 heteroatoms. The van der Waals surface area contributed by atoms with Gasteiger partial charge in [-0.15, -0.1) is 0 Å². The summed E-state index contributed by atoms with van der Waals surface area (Å²) >= 11 is 0. The molecule has 0 aromatic heterocycles. The van der Waals surface area contributed by atoms with Gasteiger partial charge in [0.05, 0.1) is 13.7 Å². The average Bonchev–Trinajstić information content (AvgIpc) is 2.77. The van der Waals surface area contributed by atoms with Crippen molar-refractivity contribution in [1.82, 2.24) is 5.32 Å². The zero-order valence-corrected chi connectivity index (χ0v) is 19.4. The first kappa shape index (κ1) is 26.7. The summed E-state index contributed by atoms with van der Waals surface area (Å²) in [5, 5.41) is 2.69. The highest BCUT2D eigenvalue weighted by molar-refractivity contribution is 5.99. The van der Waals surface area contributed by atoms with Gasteiger partial charge in [0.15, 0.2) is 5.78 Å². The van der Waals surface area contributed by atoms with Gasteiger partial charge in [-0.1, -0.05) is 58.3 Å². The standard InChI is InChI=1S/C25H39NO5/c1-4-6-7-8-9-10-11-12-13-14-24(28)26-22(25(29)31-5-2)19-23(27)20-15-17-21(30-3)18-16-20/h15-18,22H,4-14,19H2,1-3H3,(H,26,28). The summed E-state index contributed by atoms with van der Waals surface area (Å²) in [6.45, 7) is 4.11. The molecule has 0 radical (unpaired) electrons. The van der Waals surface area contributed by atoms with Crippen LogP contribution >= 0.6 is 0 Å². The second-order valence-electron chi connectivity index (χ2n) is 7.81. The number of Topliss-reactive ketones (excluding diaryl/α,β-unsaturated/α-hetero) is 1. The van der Waals surface area contributed by atoms with E-state index < -0.39 is 12.0 Å². The van der Waals surface area contributed by atoms with Crippen molar-refractivity contribution in [3.63, 3.8) is 0 Å². The number of ether oxygens (including phenoxy) is 2. The van der Waals surface area contributed by atoms with Crippen molar-refractivity contribution in [3.05, 3.63) is 29.8 Å². The van der Waals surface area contributed by atoms with Gasteiger partial charge >= 0.3 is 5.97 Å². The van der Waals surface area contributed by atoms with Crippen molar-refractivity contribution < 1.29 is 23.9 Å². The molecular formula is C25H39NO5. The highest BCUT2D eigenvalue weighted by Gasteiger charge is 2.25. The van der Waals surface area contributed by atoms with Crippen LogP contribution in [0.5, 0.6) is 5.75 Å². The number of carbonyl (C=O) groups is 3. The fraction of sp³-hybridized carbons (Fsp3) is 0.640. The minimum absolute atomic E-state index is 0.130. The van der Waals surface area contributed by atoms with Crippen LogP contribution in [-0.2, 0) is 14.3 Å². The Morgan fingerprint density at radius 3 is 2.00 bits per heavy atom. The second-order valence-corrected chi connectivity index (χ2v) is 7.81. The maximum atomic E-state index is 12.6. The Balaban J connectivity index is 2.43. The lowest BCUT2D eigenvalue weighted by atomic mass is 10.0. The Kier molecular flexibility index (Phi) is 14.1. The number of rotatable bonds is 17. The molecule has 1 aromatic rings. The minimum Gasteiger partial charge on any atom is -0.497 e. The Morgan fingerprint density at radius 2 is 1.45 bits per heavy atom. The van der Waals surface area contributed by atoms with Gasteiger partial charge in [-0.3, -0.25) is 9.59 Å². The number of methoxy groups -OCH3 is 1. The van der Waals surface area contributed by atoms with Crippen molar-refractivity contribution in [2.75, 3.05) is 13.7 Å². The number of esters is 1. The molecule has 0 aliphatic rings. The van der Waals surface area contributed by atoms with Crippen LogP contribution in [0.25, 0.3) is 0 Å². The van der Waals surface area contributed by atoms with E-state index in [1.807, 2.05) is 0 Å². The quantitative estimate of drug-likeness (QED) is 0.206. The van der Waals surface area contributed by atoms with Gasteiger partial charge in [-0.2, -0.15) is 0 Å². The van der Waals surface area contributed by atoms with Crippen LogP contribution in [0.4, 0.5) is 0 Å². The van der Waals surface area contributed by atoms with E-state index in [9.17, 15) is 14.4 Å². The second kappa shape index (κ2) is 16.3. The number of amides is 1. The van der Waals surface area contributed by atoms with Crippen LogP contribution in [0.3, 0.4) is 0 Å². The number of benzene rings is 1. The molecule has 31 heavy (non-hydrogen) atoms. The van der Waals surface area contributed by atoms with Crippen molar-refractivity contribution in [2.24, 2.45) is 0 Å². The van der Waals surface area contributed by atoms with Gasteiger partial charge in [0.25, 0.3) is 0 Å². The highest BCUT2D eigenvalue weighted by atomic mass is 16.5. The zero-order chi connectivity index (χ0) is 22.9.